The molecule has 0 saturated carbocycles. The summed E-state index contributed by atoms with van der Waals surface area (Å²) in [6, 6.07) is 8.58. The summed E-state index contributed by atoms with van der Waals surface area (Å²) in [5, 5.41) is 10.7. The van der Waals surface area contributed by atoms with Gasteiger partial charge in [0.1, 0.15) is 6.54 Å². The Hall–Kier alpha value is -1.57. The van der Waals surface area contributed by atoms with Crippen LogP contribution >= 0.6 is 24.0 Å². The Kier molecular flexibility index (Phi) is 9.69. The van der Waals surface area contributed by atoms with E-state index in [9.17, 15) is 0 Å². The number of aromatic nitrogens is 1. The van der Waals surface area contributed by atoms with E-state index in [1.54, 1.807) is 0 Å². The average molecular weight is 470 g/mol. The number of rotatable bonds is 7. The first kappa shape index (κ1) is 22.5. The molecule has 1 aromatic carbocycles. The minimum Gasteiger partial charge on any atom is -0.359 e. The van der Waals surface area contributed by atoms with Gasteiger partial charge in [-0.3, -0.25) is 0 Å². The van der Waals surface area contributed by atoms with Crippen LogP contribution in [0.5, 0.6) is 0 Å². The van der Waals surface area contributed by atoms with Crippen LogP contribution in [-0.2, 0) is 13.0 Å². The summed E-state index contributed by atoms with van der Waals surface area (Å²) in [4.78, 5) is 4.58. The number of nitrogens with one attached hydrogen (secondary N) is 2. The summed E-state index contributed by atoms with van der Waals surface area (Å²) in [5.74, 6) is 1.95. The van der Waals surface area contributed by atoms with Gasteiger partial charge in [-0.05, 0) is 44.2 Å². The molecule has 0 aliphatic heterocycles. The van der Waals surface area contributed by atoms with Gasteiger partial charge in [-0.25, -0.2) is 4.99 Å². The molecular weight excluding hydrogens is 439 g/mol. The molecule has 0 unspecified atom stereocenters. The first-order valence-electron chi connectivity index (χ1n) is 9.03. The Morgan fingerprint density at radius 1 is 1.19 bits per heavy atom. The second-order valence-electron chi connectivity index (χ2n) is 6.67. The second-order valence-corrected chi connectivity index (χ2v) is 6.67. The van der Waals surface area contributed by atoms with E-state index >= 15 is 0 Å². The van der Waals surface area contributed by atoms with Gasteiger partial charge in [0.2, 0.25) is 0 Å². The summed E-state index contributed by atoms with van der Waals surface area (Å²) in [6.07, 6.45) is 0.969. The molecule has 0 saturated heterocycles. The van der Waals surface area contributed by atoms with Crippen LogP contribution in [-0.4, -0.2) is 24.2 Å². The molecule has 2 aromatic rings. The molecule has 26 heavy (non-hydrogen) atoms. The zero-order valence-electron chi connectivity index (χ0n) is 16.4. The molecule has 0 aliphatic carbocycles. The molecule has 144 valence electrons. The summed E-state index contributed by atoms with van der Waals surface area (Å²) in [5.41, 5.74) is 4.98. The third-order valence-corrected chi connectivity index (χ3v) is 4.09. The summed E-state index contributed by atoms with van der Waals surface area (Å²) in [7, 11) is 0. The summed E-state index contributed by atoms with van der Waals surface area (Å²) < 4.78 is 5.34. The van der Waals surface area contributed by atoms with Gasteiger partial charge in [-0.15, -0.1) is 24.0 Å². The average Bonchev–Trinajstić information content (AvgIpc) is 3.04. The third-order valence-electron chi connectivity index (χ3n) is 4.09. The van der Waals surface area contributed by atoms with Crippen molar-refractivity contribution in [3.63, 3.8) is 0 Å². The van der Waals surface area contributed by atoms with Crippen molar-refractivity contribution in [3.8, 4) is 0 Å². The Bertz CT molecular complexity index is 710. The van der Waals surface area contributed by atoms with Crippen molar-refractivity contribution in [1.29, 1.82) is 0 Å². The number of benzene rings is 1. The number of aliphatic imine (C=N–C) groups is 1. The molecule has 2 N–H and O–H groups in total. The van der Waals surface area contributed by atoms with Crippen molar-refractivity contribution in [3.05, 3.63) is 52.4 Å². The Labute approximate surface area is 174 Å². The van der Waals surface area contributed by atoms with Gasteiger partial charge in [0.15, 0.2) is 11.7 Å². The van der Waals surface area contributed by atoms with Crippen LogP contribution in [0.4, 0.5) is 0 Å². The van der Waals surface area contributed by atoms with Gasteiger partial charge in [-0.1, -0.05) is 42.8 Å². The molecule has 0 aliphatic rings. The van der Waals surface area contributed by atoms with Gasteiger partial charge in [0, 0.05) is 19.2 Å². The van der Waals surface area contributed by atoms with Gasteiger partial charge in [0.05, 0.1) is 5.69 Å². The smallest absolute Gasteiger partial charge is 0.191 e. The topological polar surface area (TPSA) is 62.5 Å². The number of guanidine groups is 1. The van der Waals surface area contributed by atoms with E-state index in [0.29, 0.717) is 12.5 Å². The molecule has 1 aromatic heterocycles. The van der Waals surface area contributed by atoms with E-state index in [2.05, 4.69) is 73.6 Å². The first-order chi connectivity index (χ1) is 12.0. The van der Waals surface area contributed by atoms with Gasteiger partial charge in [-0.2, -0.15) is 0 Å². The molecule has 0 amide bonds. The monoisotopic (exact) mass is 470 g/mol. The van der Waals surface area contributed by atoms with E-state index in [1.165, 1.54) is 16.7 Å². The fourth-order valence-corrected chi connectivity index (χ4v) is 2.62. The zero-order valence-corrected chi connectivity index (χ0v) is 18.8. The van der Waals surface area contributed by atoms with Crippen LogP contribution in [0.2, 0.25) is 0 Å². The normalized spacial score (nSPS) is 11.4. The lowest BCUT2D eigenvalue weighted by Gasteiger charge is -2.12. The van der Waals surface area contributed by atoms with E-state index in [-0.39, 0.29) is 24.0 Å². The highest BCUT2D eigenvalue weighted by atomic mass is 127. The molecule has 5 nitrogen and oxygen atoms in total. The molecule has 0 radical (unpaired) electrons. The standard InChI is InChI=1S/C20H30N4O.HI/c1-6-21-20(23-13-18-12-19(14(2)3)24-25-18)22-10-9-17-8-7-15(4)11-16(17)5;/h7-8,11-12,14H,6,9-10,13H2,1-5H3,(H2,21,22,23);1H. The Morgan fingerprint density at radius 3 is 2.58 bits per heavy atom. The number of hydrogen-bond acceptors (Lipinski definition) is 3. The van der Waals surface area contributed by atoms with Crippen LogP contribution < -0.4 is 10.6 Å². The molecular formula is C20H31IN4O. The maximum absolute atomic E-state index is 5.34. The van der Waals surface area contributed by atoms with E-state index in [1.807, 2.05) is 6.07 Å². The lowest BCUT2D eigenvalue weighted by Crippen LogP contribution is -2.38. The predicted molar refractivity (Wildman–Crippen MR) is 118 cm³/mol. The maximum Gasteiger partial charge on any atom is 0.191 e. The predicted octanol–water partition coefficient (Wildman–Crippen LogP) is 4.33. The summed E-state index contributed by atoms with van der Waals surface area (Å²) in [6.45, 7) is 12.7. The fraction of sp³-hybridized carbons (Fsp3) is 0.500. The van der Waals surface area contributed by atoms with Crippen LogP contribution in [0.1, 0.15) is 54.8 Å². The van der Waals surface area contributed by atoms with Gasteiger partial charge in [0.25, 0.3) is 0 Å². The SMILES string of the molecule is CCNC(=NCc1cc(C(C)C)no1)NCCc1ccc(C)cc1C.I. The van der Waals surface area contributed by atoms with Crippen LogP contribution in [0.15, 0.2) is 33.8 Å². The largest absolute Gasteiger partial charge is 0.359 e. The Balaban J connectivity index is 0.00000338. The highest BCUT2D eigenvalue weighted by Crippen LogP contribution is 2.14. The fourth-order valence-electron chi connectivity index (χ4n) is 2.62. The molecule has 0 bridgehead atoms. The Morgan fingerprint density at radius 2 is 1.96 bits per heavy atom. The minimum absolute atomic E-state index is 0. The van der Waals surface area contributed by atoms with E-state index in [0.717, 1.165) is 36.9 Å². The second kappa shape index (κ2) is 11.2. The quantitative estimate of drug-likeness (QED) is 0.359. The van der Waals surface area contributed by atoms with Gasteiger partial charge >= 0.3 is 0 Å². The van der Waals surface area contributed by atoms with Crippen molar-refractivity contribution < 1.29 is 4.52 Å². The van der Waals surface area contributed by atoms with Crippen molar-refractivity contribution in [2.45, 2.75) is 53.5 Å². The molecule has 0 atom stereocenters. The number of nitrogens with zero attached hydrogens (tertiary/aromatic N) is 2. The highest BCUT2D eigenvalue weighted by molar-refractivity contribution is 14.0. The first-order valence-corrected chi connectivity index (χ1v) is 9.03. The molecule has 0 spiro atoms. The lowest BCUT2D eigenvalue weighted by molar-refractivity contribution is 0.376. The van der Waals surface area contributed by atoms with E-state index in [4.69, 9.17) is 4.52 Å². The number of halogens is 1. The van der Waals surface area contributed by atoms with Crippen LogP contribution in [0.25, 0.3) is 0 Å². The molecule has 1 heterocycles. The van der Waals surface area contributed by atoms with Crippen molar-refractivity contribution in [1.82, 2.24) is 15.8 Å². The third kappa shape index (κ3) is 6.97. The number of hydrogen-bond donors (Lipinski definition) is 2. The maximum atomic E-state index is 5.34. The van der Waals surface area contributed by atoms with Crippen molar-refractivity contribution in [2.24, 2.45) is 4.99 Å². The zero-order chi connectivity index (χ0) is 18.2. The highest BCUT2D eigenvalue weighted by Gasteiger charge is 2.07. The van der Waals surface area contributed by atoms with Crippen LogP contribution in [0, 0.1) is 13.8 Å². The van der Waals surface area contributed by atoms with Crippen molar-refractivity contribution in [2.75, 3.05) is 13.1 Å². The van der Waals surface area contributed by atoms with Crippen molar-refractivity contribution >= 4 is 29.9 Å². The van der Waals surface area contributed by atoms with Gasteiger partial charge < -0.3 is 15.2 Å². The van der Waals surface area contributed by atoms with Crippen LogP contribution in [0.3, 0.4) is 0 Å². The minimum atomic E-state index is 0. The van der Waals surface area contributed by atoms with E-state index < -0.39 is 0 Å². The molecule has 6 heteroatoms. The summed E-state index contributed by atoms with van der Waals surface area (Å²) >= 11 is 0. The lowest BCUT2D eigenvalue weighted by atomic mass is 10.0. The number of aryl methyl sites for hydroxylation is 2. The molecule has 0 fully saturated rings. The molecule has 2 rings (SSSR count).